The van der Waals surface area contributed by atoms with Crippen LogP contribution in [0.25, 0.3) is 0 Å². The number of carbonyl (C=O) groups excluding carboxylic acids is 1. The molecule has 7 nitrogen and oxygen atoms in total. The number of aliphatic imine (C=N–C) groups is 1. The number of furan rings is 1. The summed E-state index contributed by atoms with van der Waals surface area (Å²) in [6.45, 7) is 4.43. The summed E-state index contributed by atoms with van der Waals surface area (Å²) in [7, 11) is 1.79. The number of piperidine rings is 2. The topological polar surface area (TPSA) is 73.1 Å². The van der Waals surface area contributed by atoms with E-state index in [2.05, 4.69) is 38.7 Å². The summed E-state index contributed by atoms with van der Waals surface area (Å²) in [6.07, 6.45) is 8.27. The molecule has 7 heteroatoms. The molecule has 1 aromatic heterocycles. The van der Waals surface area contributed by atoms with E-state index in [0.29, 0.717) is 13.0 Å². The third-order valence-electron chi connectivity index (χ3n) is 6.42. The van der Waals surface area contributed by atoms with Crippen LogP contribution < -0.4 is 15.5 Å². The molecule has 0 spiro atoms. The van der Waals surface area contributed by atoms with E-state index >= 15 is 0 Å². The molecule has 1 unspecified atom stereocenters. The lowest BCUT2D eigenvalue weighted by Crippen LogP contribution is -2.44. The quantitative estimate of drug-likeness (QED) is 0.511. The Bertz CT molecular complexity index is 872. The van der Waals surface area contributed by atoms with Crippen molar-refractivity contribution in [2.24, 2.45) is 4.99 Å². The fourth-order valence-electron chi connectivity index (χ4n) is 4.59. The number of likely N-dealkylation sites (tertiary alicyclic amines) is 1. The highest BCUT2D eigenvalue weighted by Crippen LogP contribution is 2.24. The van der Waals surface area contributed by atoms with Crippen LogP contribution in [0.15, 0.2) is 52.1 Å². The van der Waals surface area contributed by atoms with E-state index in [1.54, 1.807) is 13.3 Å². The Labute approximate surface area is 190 Å². The van der Waals surface area contributed by atoms with E-state index in [-0.39, 0.29) is 11.9 Å². The van der Waals surface area contributed by atoms with Crippen molar-refractivity contribution in [2.75, 3.05) is 38.1 Å². The maximum Gasteiger partial charge on any atom is 0.226 e. The predicted octanol–water partition coefficient (Wildman–Crippen LogP) is 3.69. The zero-order valence-corrected chi connectivity index (χ0v) is 19.1. The molecule has 2 fully saturated rings. The number of hydrogen-bond donors (Lipinski definition) is 2. The van der Waals surface area contributed by atoms with Crippen LogP contribution in [0.1, 0.15) is 55.9 Å². The second kappa shape index (κ2) is 11.2. The second-order valence-electron chi connectivity index (χ2n) is 8.60. The normalized spacial score (nSPS) is 19.1. The molecule has 0 aliphatic carbocycles. The van der Waals surface area contributed by atoms with E-state index in [1.165, 1.54) is 19.3 Å². The smallest absolute Gasteiger partial charge is 0.226 e. The molecule has 1 atom stereocenters. The van der Waals surface area contributed by atoms with Crippen LogP contribution in [0.4, 0.5) is 5.69 Å². The van der Waals surface area contributed by atoms with Gasteiger partial charge in [-0.2, -0.15) is 0 Å². The zero-order valence-electron chi connectivity index (χ0n) is 19.1. The molecule has 172 valence electrons. The molecule has 2 N–H and O–H groups in total. The first-order valence-electron chi connectivity index (χ1n) is 11.9. The first-order chi connectivity index (χ1) is 15.7. The molecule has 0 radical (unpaired) electrons. The molecular formula is C25H35N5O2. The summed E-state index contributed by atoms with van der Waals surface area (Å²) >= 11 is 0. The summed E-state index contributed by atoms with van der Waals surface area (Å²) in [4.78, 5) is 20.9. The van der Waals surface area contributed by atoms with Crippen molar-refractivity contribution < 1.29 is 9.21 Å². The van der Waals surface area contributed by atoms with Crippen molar-refractivity contribution >= 4 is 17.6 Å². The predicted molar refractivity (Wildman–Crippen MR) is 128 cm³/mol. The van der Waals surface area contributed by atoms with Gasteiger partial charge in [0, 0.05) is 38.8 Å². The van der Waals surface area contributed by atoms with E-state index in [4.69, 9.17) is 4.42 Å². The summed E-state index contributed by atoms with van der Waals surface area (Å²) in [5.74, 6) is 2.00. The van der Waals surface area contributed by atoms with Gasteiger partial charge >= 0.3 is 0 Å². The van der Waals surface area contributed by atoms with Crippen molar-refractivity contribution in [1.82, 2.24) is 15.5 Å². The van der Waals surface area contributed by atoms with Gasteiger partial charge in [-0.05, 0) is 68.6 Å². The molecule has 2 aliphatic heterocycles. The van der Waals surface area contributed by atoms with Gasteiger partial charge in [0.1, 0.15) is 5.76 Å². The molecule has 32 heavy (non-hydrogen) atoms. The number of guanidine groups is 1. The monoisotopic (exact) mass is 437 g/mol. The summed E-state index contributed by atoms with van der Waals surface area (Å²) in [6, 6.07) is 12.5. The number of nitrogens with zero attached hydrogens (tertiary/aromatic N) is 3. The largest absolute Gasteiger partial charge is 0.468 e. The third kappa shape index (κ3) is 5.71. The molecule has 0 saturated carbocycles. The lowest BCUT2D eigenvalue weighted by molar-refractivity contribution is -0.119. The lowest BCUT2D eigenvalue weighted by atomic mass is 10.1. The molecule has 3 heterocycles. The lowest BCUT2D eigenvalue weighted by Gasteiger charge is -2.33. The standard InChI is InChI=1S/C25H35N5O2/c1-26-25(28-19-22(23-8-7-17-32-23)29-14-4-2-5-15-29)27-18-20-10-12-21(13-11-20)30-16-6-3-9-24(30)31/h7-8,10-13,17,22H,2-6,9,14-16,18-19H2,1H3,(H2,26,27,28). The van der Waals surface area contributed by atoms with Crippen LogP contribution in [0.2, 0.25) is 0 Å². The molecule has 2 aromatic rings. The molecule has 1 amide bonds. The van der Waals surface area contributed by atoms with Gasteiger partial charge in [0.25, 0.3) is 0 Å². The maximum absolute atomic E-state index is 12.1. The molecule has 0 bridgehead atoms. The molecular weight excluding hydrogens is 402 g/mol. The fourth-order valence-corrected chi connectivity index (χ4v) is 4.59. The Balaban J connectivity index is 1.31. The van der Waals surface area contributed by atoms with Crippen molar-refractivity contribution in [3.05, 3.63) is 54.0 Å². The van der Waals surface area contributed by atoms with Crippen LogP contribution in [0.3, 0.4) is 0 Å². The highest BCUT2D eigenvalue weighted by atomic mass is 16.3. The Morgan fingerprint density at radius 1 is 1.03 bits per heavy atom. The minimum absolute atomic E-state index is 0.199. The van der Waals surface area contributed by atoms with Gasteiger partial charge in [0.15, 0.2) is 5.96 Å². The van der Waals surface area contributed by atoms with Gasteiger partial charge < -0.3 is 20.0 Å². The molecule has 2 saturated heterocycles. The van der Waals surface area contributed by atoms with Crippen molar-refractivity contribution in [3.63, 3.8) is 0 Å². The maximum atomic E-state index is 12.1. The first kappa shape index (κ1) is 22.4. The summed E-state index contributed by atoms with van der Waals surface area (Å²) < 4.78 is 5.74. The molecule has 4 rings (SSSR count). The average Bonchev–Trinajstić information content (AvgIpc) is 3.37. The van der Waals surface area contributed by atoms with Crippen LogP contribution in [0, 0.1) is 0 Å². The number of nitrogens with one attached hydrogen (secondary N) is 2. The molecule has 1 aromatic carbocycles. The van der Waals surface area contributed by atoms with E-state index in [1.807, 2.05) is 23.1 Å². The Kier molecular flexibility index (Phi) is 7.82. The van der Waals surface area contributed by atoms with Crippen LogP contribution in [0.5, 0.6) is 0 Å². The first-order valence-corrected chi connectivity index (χ1v) is 11.9. The number of hydrogen-bond acceptors (Lipinski definition) is 4. The van der Waals surface area contributed by atoms with E-state index in [9.17, 15) is 4.79 Å². The zero-order chi connectivity index (χ0) is 22.2. The van der Waals surface area contributed by atoms with Gasteiger partial charge in [-0.3, -0.25) is 14.7 Å². The Morgan fingerprint density at radius 3 is 2.50 bits per heavy atom. The number of amides is 1. The SMILES string of the molecule is CN=C(NCc1ccc(N2CCCCC2=O)cc1)NCC(c1ccco1)N1CCCCC1. The number of carbonyl (C=O) groups is 1. The summed E-state index contributed by atoms with van der Waals surface area (Å²) in [5.41, 5.74) is 2.14. The van der Waals surface area contributed by atoms with E-state index < -0.39 is 0 Å². The van der Waals surface area contributed by atoms with Gasteiger partial charge in [-0.15, -0.1) is 0 Å². The third-order valence-corrected chi connectivity index (χ3v) is 6.42. The van der Waals surface area contributed by atoms with Gasteiger partial charge in [-0.1, -0.05) is 18.6 Å². The van der Waals surface area contributed by atoms with Gasteiger partial charge in [-0.25, -0.2) is 0 Å². The number of rotatable bonds is 7. The minimum atomic E-state index is 0.199. The number of benzene rings is 1. The average molecular weight is 438 g/mol. The van der Waals surface area contributed by atoms with Crippen molar-refractivity contribution in [3.8, 4) is 0 Å². The highest BCUT2D eigenvalue weighted by molar-refractivity contribution is 5.93. The van der Waals surface area contributed by atoms with Crippen LogP contribution >= 0.6 is 0 Å². The van der Waals surface area contributed by atoms with Gasteiger partial charge in [0.05, 0.1) is 12.3 Å². The Morgan fingerprint density at radius 2 is 1.81 bits per heavy atom. The Hall–Kier alpha value is -2.80. The minimum Gasteiger partial charge on any atom is -0.468 e. The van der Waals surface area contributed by atoms with Crippen molar-refractivity contribution in [1.29, 1.82) is 0 Å². The van der Waals surface area contributed by atoms with E-state index in [0.717, 1.165) is 62.0 Å². The highest BCUT2D eigenvalue weighted by Gasteiger charge is 2.24. The number of anilines is 1. The fraction of sp³-hybridized carbons (Fsp3) is 0.520. The van der Waals surface area contributed by atoms with Gasteiger partial charge in [0.2, 0.25) is 5.91 Å². The molecule has 2 aliphatic rings. The van der Waals surface area contributed by atoms with Crippen LogP contribution in [-0.2, 0) is 11.3 Å². The van der Waals surface area contributed by atoms with Crippen molar-refractivity contribution in [2.45, 2.75) is 51.1 Å². The van der Waals surface area contributed by atoms with Crippen LogP contribution in [-0.4, -0.2) is 50.0 Å². The summed E-state index contributed by atoms with van der Waals surface area (Å²) in [5, 5.41) is 6.88. The second-order valence-corrected chi connectivity index (χ2v) is 8.60.